The fourth-order valence-corrected chi connectivity index (χ4v) is 1.87. The summed E-state index contributed by atoms with van der Waals surface area (Å²) in [5.74, 6) is 1.05. The first kappa shape index (κ1) is 15.0. The van der Waals surface area contributed by atoms with Crippen LogP contribution in [0.15, 0.2) is 42.5 Å². The minimum Gasteiger partial charge on any atom is -0.504 e. The lowest BCUT2D eigenvalue weighted by Crippen LogP contribution is -2.07. The first-order valence-corrected chi connectivity index (χ1v) is 7.03. The van der Waals surface area contributed by atoms with Crippen LogP contribution in [-0.2, 0) is 6.54 Å². The van der Waals surface area contributed by atoms with Crippen LogP contribution in [0.3, 0.4) is 0 Å². The van der Waals surface area contributed by atoms with E-state index in [1.807, 2.05) is 24.3 Å². The lowest BCUT2D eigenvalue weighted by Gasteiger charge is -2.14. The summed E-state index contributed by atoms with van der Waals surface area (Å²) in [6, 6.07) is 12.5. The maximum atomic E-state index is 9.49. The molecule has 2 aromatic carbocycles. The Labute approximate surface area is 125 Å². The summed E-state index contributed by atoms with van der Waals surface area (Å²) in [6.45, 7) is 5.42. The fourth-order valence-electron chi connectivity index (χ4n) is 1.87. The summed E-state index contributed by atoms with van der Waals surface area (Å²) in [5.41, 5.74) is 1.79. The van der Waals surface area contributed by atoms with Gasteiger partial charge in [-0.1, -0.05) is 32.0 Å². The minimum absolute atomic E-state index is 0.112. The van der Waals surface area contributed by atoms with Crippen LogP contribution < -0.4 is 10.1 Å². The zero-order valence-electron chi connectivity index (χ0n) is 12.3. The summed E-state index contributed by atoms with van der Waals surface area (Å²) in [5, 5.41) is 22.1. The van der Waals surface area contributed by atoms with Gasteiger partial charge < -0.3 is 20.3 Å². The van der Waals surface area contributed by atoms with E-state index in [9.17, 15) is 10.2 Å². The summed E-state index contributed by atoms with van der Waals surface area (Å²) in [4.78, 5) is 0. The molecule has 0 amide bonds. The number of phenols is 2. The van der Waals surface area contributed by atoms with Gasteiger partial charge >= 0.3 is 0 Å². The number of benzene rings is 2. The third-order valence-electron chi connectivity index (χ3n) is 2.98. The quantitative estimate of drug-likeness (QED) is 0.708. The van der Waals surface area contributed by atoms with Crippen molar-refractivity contribution in [3.8, 4) is 17.2 Å². The predicted molar refractivity (Wildman–Crippen MR) is 83.9 cm³/mol. The third kappa shape index (κ3) is 4.31. The summed E-state index contributed by atoms with van der Waals surface area (Å²) < 4.78 is 5.78. The van der Waals surface area contributed by atoms with E-state index in [-0.39, 0.29) is 11.5 Å². The monoisotopic (exact) mass is 287 g/mol. The fraction of sp³-hybridized carbons (Fsp3) is 0.294. The molecule has 0 bridgehead atoms. The molecule has 0 saturated carbocycles. The summed E-state index contributed by atoms with van der Waals surface area (Å²) in [7, 11) is 0. The SMILES string of the molecule is CC(C)COc1ccccc1NCc1ccc(O)c(O)c1. The van der Waals surface area contributed by atoms with Crippen LogP contribution in [0, 0.1) is 5.92 Å². The minimum atomic E-state index is -0.112. The number of hydrogen-bond acceptors (Lipinski definition) is 4. The number of ether oxygens (including phenoxy) is 1. The maximum Gasteiger partial charge on any atom is 0.157 e. The molecule has 21 heavy (non-hydrogen) atoms. The third-order valence-corrected chi connectivity index (χ3v) is 2.98. The van der Waals surface area contributed by atoms with E-state index in [2.05, 4.69) is 19.2 Å². The first-order chi connectivity index (χ1) is 10.1. The van der Waals surface area contributed by atoms with Gasteiger partial charge in [-0.2, -0.15) is 0 Å². The molecule has 112 valence electrons. The van der Waals surface area contributed by atoms with Crippen LogP contribution in [0.2, 0.25) is 0 Å². The molecule has 0 atom stereocenters. The van der Waals surface area contributed by atoms with Crippen LogP contribution in [0.5, 0.6) is 17.2 Å². The highest BCUT2D eigenvalue weighted by molar-refractivity contribution is 5.56. The van der Waals surface area contributed by atoms with Crippen molar-refractivity contribution in [3.05, 3.63) is 48.0 Å². The zero-order chi connectivity index (χ0) is 15.2. The Morgan fingerprint density at radius 3 is 2.52 bits per heavy atom. The van der Waals surface area contributed by atoms with Gasteiger partial charge in [0.05, 0.1) is 12.3 Å². The number of nitrogens with one attached hydrogen (secondary N) is 1. The zero-order valence-corrected chi connectivity index (χ0v) is 12.3. The molecule has 0 heterocycles. The number of para-hydroxylation sites is 2. The summed E-state index contributed by atoms with van der Waals surface area (Å²) in [6.07, 6.45) is 0. The Balaban J connectivity index is 2.03. The van der Waals surface area contributed by atoms with Gasteiger partial charge in [0.15, 0.2) is 11.5 Å². The molecule has 0 aromatic heterocycles. The van der Waals surface area contributed by atoms with Crippen molar-refractivity contribution in [1.82, 2.24) is 0 Å². The van der Waals surface area contributed by atoms with Crippen molar-refractivity contribution in [3.63, 3.8) is 0 Å². The first-order valence-electron chi connectivity index (χ1n) is 7.03. The Kier molecular flexibility index (Phi) is 4.93. The largest absolute Gasteiger partial charge is 0.504 e. The highest BCUT2D eigenvalue weighted by Gasteiger charge is 2.05. The van der Waals surface area contributed by atoms with E-state index in [1.54, 1.807) is 12.1 Å². The topological polar surface area (TPSA) is 61.7 Å². The Hall–Kier alpha value is -2.36. The molecule has 3 N–H and O–H groups in total. The second kappa shape index (κ2) is 6.88. The Morgan fingerprint density at radius 1 is 1.05 bits per heavy atom. The predicted octanol–water partition coefficient (Wildman–Crippen LogP) is 3.74. The van der Waals surface area contributed by atoms with Crippen molar-refractivity contribution < 1.29 is 14.9 Å². The molecule has 0 radical (unpaired) electrons. The van der Waals surface area contributed by atoms with Gasteiger partial charge in [0.1, 0.15) is 5.75 Å². The standard InChI is InChI=1S/C17H21NO3/c1-12(2)11-21-17-6-4-3-5-14(17)18-10-13-7-8-15(19)16(20)9-13/h3-9,12,18-20H,10-11H2,1-2H3. The van der Waals surface area contributed by atoms with Crippen LogP contribution in [0.1, 0.15) is 19.4 Å². The van der Waals surface area contributed by atoms with E-state index in [0.29, 0.717) is 19.1 Å². The number of anilines is 1. The molecule has 4 nitrogen and oxygen atoms in total. The van der Waals surface area contributed by atoms with Crippen molar-refractivity contribution in [2.24, 2.45) is 5.92 Å². The van der Waals surface area contributed by atoms with Crippen molar-refractivity contribution in [2.75, 3.05) is 11.9 Å². The van der Waals surface area contributed by atoms with E-state index < -0.39 is 0 Å². The second-order valence-corrected chi connectivity index (χ2v) is 5.38. The molecule has 2 aromatic rings. The van der Waals surface area contributed by atoms with Crippen LogP contribution in [0.4, 0.5) is 5.69 Å². The van der Waals surface area contributed by atoms with Crippen molar-refractivity contribution >= 4 is 5.69 Å². The van der Waals surface area contributed by atoms with Gasteiger partial charge in [-0.15, -0.1) is 0 Å². The van der Waals surface area contributed by atoms with Gasteiger partial charge in [-0.3, -0.25) is 0 Å². The van der Waals surface area contributed by atoms with Crippen LogP contribution in [0.25, 0.3) is 0 Å². The smallest absolute Gasteiger partial charge is 0.157 e. The number of rotatable bonds is 6. The van der Waals surface area contributed by atoms with Gasteiger partial charge in [-0.25, -0.2) is 0 Å². The van der Waals surface area contributed by atoms with Gasteiger partial charge in [-0.05, 0) is 35.7 Å². The molecule has 0 aliphatic carbocycles. The highest BCUT2D eigenvalue weighted by atomic mass is 16.5. The molecule has 0 spiro atoms. The van der Waals surface area contributed by atoms with Crippen molar-refractivity contribution in [2.45, 2.75) is 20.4 Å². The molecule has 4 heteroatoms. The molecular formula is C17H21NO3. The molecule has 0 aliphatic rings. The van der Waals surface area contributed by atoms with Gasteiger partial charge in [0, 0.05) is 6.54 Å². The lowest BCUT2D eigenvalue weighted by molar-refractivity contribution is 0.272. The normalized spacial score (nSPS) is 10.6. The van der Waals surface area contributed by atoms with Crippen LogP contribution >= 0.6 is 0 Å². The Morgan fingerprint density at radius 2 is 1.81 bits per heavy atom. The molecule has 2 rings (SSSR count). The van der Waals surface area contributed by atoms with E-state index in [1.165, 1.54) is 6.07 Å². The molecular weight excluding hydrogens is 266 g/mol. The maximum absolute atomic E-state index is 9.49. The van der Waals surface area contributed by atoms with E-state index in [0.717, 1.165) is 17.0 Å². The van der Waals surface area contributed by atoms with Gasteiger partial charge in [0.25, 0.3) is 0 Å². The number of hydrogen-bond donors (Lipinski definition) is 3. The molecule has 0 unspecified atom stereocenters. The van der Waals surface area contributed by atoms with Crippen LogP contribution in [-0.4, -0.2) is 16.8 Å². The van der Waals surface area contributed by atoms with Gasteiger partial charge in [0.2, 0.25) is 0 Å². The average Bonchev–Trinajstić information content (AvgIpc) is 2.47. The van der Waals surface area contributed by atoms with E-state index >= 15 is 0 Å². The Bertz CT molecular complexity index is 596. The average molecular weight is 287 g/mol. The second-order valence-electron chi connectivity index (χ2n) is 5.38. The van der Waals surface area contributed by atoms with E-state index in [4.69, 9.17) is 4.74 Å². The number of aromatic hydroxyl groups is 2. The number of phenolic OH excluding ortho intramolecular Hbond substituents is 2. The molecule has 0 fully saturated rings. The highest BCUT2D eigenvalue weighted by Crippen LogP contribution is 2.27. The molecule has 0 aliphatic heterocycles. The summed E-state index contributed by atoms with van der Waals surface area (Å²) >= 11 is 0. The molecule has 0 saturated heterocycles. The van der Waals surface area contributed by atoms with Crippen molar-refractivity contribution in [1.29, 1.82) is 0 Å². The lowest BCUT2D eigenvalue weighted by atomic mass is 10.2.